The number of rotatable bonds is 3. The van der Waals surface area contributed by atoms with Gasteiger partial charge in [-0.25, -0.2) is 4.98 Å². The number of aromatic amines is 1. The highest BCUT2D eigenvalue weighted by Gasteiger charge is 2.39. The number of H-pyrrole nitrogens is 1. The van der Waals surface area contributed by atoms with Crippen molar-refractivity contribution in [1.82, 2.24) is 24.8 Å². The Morgan fingerprint density at radius 2 is 1.93 bits per heavy atom. The summed E-state index contributed by atoms with van der Waals surface area (Å²) in [6.45, 7) is 3.96. The lowest BCUT2D eigenvalue weighted by Crippen LogP contribution is -2.47. The van der Waals surface area contributed by atoms with Crippen molar-refractivity contribution in [2.24, 2.45) is 0 Å². The largest absolute Gasteiger partial charge is 0.340 e. The third-order valence-corrected chi connectivity index (χ3v) is 6.29. The lowest BCUT2D eigenvalue weighted by atomic mass is 10.1. The summed E-state index contributed by atoms with van der Waals surface area (Å²) < 4.78 is 0. The van der Waals surface area contributed by atoms with E-state index in [9.17, 15) is 9.59 Å². The summed E-state index contributed by atoms with van der Waals surface area (Å²) >= 11 is 0. The summed E-state index contributed by atoms with van der Waals surface area (Å²) in [4.78, 5) is 42.1. The zero-order valence-corrected chi connectivity index (χ0v) is 17.0. The summed E-state index contributed by atoms with van der Waals surface area (Å²) in [5.74, 6) is 1.11. The highest BCUT2D eigenvalue weighted by atomic mass is 16.2. The van der Waals surface area contributed by atoms with Crippen molar-refractivity contribution >= 4 is 22.8 Å². The minimum Gasteiger partial charge on any atom is -0.340 e. The zero-order chi connectivity index (χ0) is 20.7. The fraction of sp³-hybridized carbons (Fsp3) is 0.391. The number of imidazole rings is 1. The second-order valence-electron chi connectivity index (χ2n) is 8.31. The summed E-state index contributed by atoms with van der Waals surface area (Å²) in [5, 5.41) is 0. The Hall–Kier alpha value is -3.22. The van der Waals surface area contributed by atoms with E-state index in [0.717, 1.165) is 41.7 Å². The highest BCUT2D eigenvalue weighted by molar-refractivity contribution is 5.98. The van der Waals surface area contributed by atoms with Gasteiger partial charge in [-0.1, -0.05) is 17.7 Å². The second kappa shape index (κ2) is 7.55. The van der Waals surface area contributed by atoms with Gasteiger partial charge in [-0.05, 0) is 44.4 Å². The molecule has 2 aliphatic rings. The van der Waals surface area contributed by atoms with E-state index < -0.39 is 0 Å². The molecule has 7 heteroatoms. The van der Waals surface area contributed by atoms with E-state index in [1.54, 1.807) is 17.3 Å². The van der Waals surface area contributed by atoms with Gasteiger partial charge in [0.15, 0.2) is 0 Å². The van der Waals surface area contributed by atoms with Gasteiger partial charge in [-0.2, -0.15) is 0 Å². The van der Waals surface area contributed by atoms with Gasteiger partial charge in [0, 0.05) is 37.3 Å². The Balaban J connectivity index is 1.29. The molecule has 0 spiro atoms. The second-order valence-corrected chi connectivity index (χ2v) is 8.31. The minimum atomic E-state index is -0.363. The summed E-state index contributed by atoms with van der Waals surface area (Å²) in [6, 6.07) is 9.10. The molecule has 5 rings (SSSR count). The first kappa shape index (κ1) is 18.8. The molecule has 3 aromatic rings. The molecule has 1 aromatic carbocycles. The lowest BCUT2D eigenvalue weighted by molar-refractivity contribution is -0.134. The van der Waals surface area contributed by atoms with Crippen LogP contribution in [0, 0.1) is 6.92 Å². The van der Waals surface area contributed by atoms with Gasteiger partial charge in [0.05, 0.1) is 17.2 Å². The van der Waals surface area contributed by atoms with Crippen LogP contribution in [0.5, 0.6) is 0 Å². The molecule has 1 N–H and O–H groups in total. The number of hydrogen-bond acceptors (Lipinski definition) is 4. The number of aryl methyl sites for hydroxylation is 1. The van der Waals surface area contributed by atoms with Gasteiger partial charge in [0.1, 0.15) is 11.9 Å². The van der Waals surface area contributed by atoms with Crippen LogP contribution in [-0.2, 0) is 4.79 Å². The van der Waals surface area contributed by atoms with E-state index >= 15 is 0 Å². The monoisotopic (exact) mass is 403 g/mol. The van der Waals surface area contributed by atoms with Crippen LogP contribution in [-0.4, -0.2) is 62.2 Å². The van der Waals surface area contributed by atoms with Gasteiger partial charge in [0.25, 0.3) is 5.91 Å². The first-order chi connectivity index (χ1) is 14.6. The molecule has 2 aliphatic heterocycles. The molecule has 30 heavy (non-hydrogen) atoms. The molecule has 2 atom stereocenters. The maximum Gasteiger partial charge on any atom is 0.254 e. The van der Waals surface area contributed by atoms with Crippen molar-refractivity contribution in [1.29, 1.82) is 0 Å². The number of likely N-dealkylation sites (tertiary alicyclic amines) is 2. The van der Waals surface area contributed by atoms with Crippen molar-refractivity contribution in [3.63, 3.8) is 0 Å². The van der Waals surface area contributed by atoms with E-state index in [1.165, 1.54) is 0 Å². The normalized spacial score (nSPS) is 21.5. The van der Waals surface area contributed by atoms with E-state index in [4.69, 9.17) is 0 Å². The molecule has 4 heterocycles. The Morgan fingerprint density at radius 3 is 2.73 bits per heavy atom. The van der Waals surface area contributed by atoms with Crippen LogP contribution in [0.25, 0.3) is 11.0 Å². The van der Waals surface area contributed by atoms with E-state index in [-0.39, 0.29) is 23.8 Å². The first-order valence-corrected chi connectivity index (χ1v) is 10.6. The maximum absolute atomic E-state index is 13.3. The van der Waals surface area contributed by atoms with Crippen molar-refractivity contribution < 1.29 is 9.59 Å². The topological polar surface area (TPSA) is 82.2 Å². The number of hydrogen-bond donors (Lipinski definition) is 1. The molecule has 2 aromatic heterocycles. The minimum absolute atomic E-state index is 0.0496. The van der Waals surface area contributed by atoms with Crippen molar-refractivity contribution in [2.45, 2.75) is 38.1 Å². The number of fused-ring (bicyclic) bond motifs is 1. The lowest BCUT2D eigenvalue weighted by Gasteiger charge is -2.28. The Labute approximate surface area is 175 Å². The van der Waals surface area contributed by atoms with Crippen molar-refractivity contribution in [2.75, 3.05) is 19.6 Å². The number of amides is 2. The third-order valence-electron chi connectivity index (χ3n) is 6.29. The predicted octanol–water partition coefficient (Wildman–Crippen LogP) is 2.89. The number of benzene rings is 1. The van der Waals surface area contributed by atoms with Crippen LogP contribution in [0.1, 0.15) is 46.9 Å². The number of nitrogens with zero attached hydrogens (tertiary/aromatic N) is 4. The molecule has 2 saturated heterocycles. The van der Waals surface area contributed by atoms with E-state index in [1.807, 2.05) is 42.2 Å². The number of nitrogens with one attached hydrogen (secondary N) is 1. The molecule has 2 fully saturated rings. The molecule has 2 amide bonds. The number of carbonyl (C=O) groups excluding carboxylic acids is 2. The molecule has 7 nitrogen and oxygen atoms in total. The standard InChI is InChI=1S/C23H25N5O2/c1-15-4-6-16(7-5-15)22(29)28-11-2-3-20(28)23(30)27-12-9-17(14-27)21-25-18-8-10-24-13-19(18)26-21/h4-8,10,13,17,20H,2-3,9,11-12,14H2,1H3,(H,25,26). The summed E-state index contributed by atoms with van der Waals surface area (Å²) in [7, 11) is 0. The Kier molecular flexibility index (Phi) is 4.73. The van der Waals surface area contributed by atoms with Crippen molar-refractivity contribution in [3.8, 4) is 0 Å². The van der Waals surface area contributed by atoms with Gasteiger partial charge in [-0.3, -0.25) is 14.6 Å². The van der Waals surface area contributed by atoms with E-state index in [0.29, 0.717) is 25.2 Å². The van der Waals surface area contributed by atoms with Gasteiger partial charge < -0.3 is 14.8 Å². The van der Waals surface area contributed by atoms with Crippen LogP contribution in [0.4, 0.5) is 0 Å². The maximum atomic E-state index is 13.3. The highest BCUT2D eigenvalue weighted by Crippen LogP contribution is 2.29. The molecule has 0 saturated carbocycles. The first-order valence-electron chi connectivity index (χ1n) is 10.6. The van der Waals surface area contributed by atoms with Gasteiger partial charge in [0.2, 0.25) is 5.91 Å². The smallest absolute Gasteiger partial charge is 0.254 e. The Bertz CT molecular complexity index is 1060. The summed E-state index contributed by atoms with van der Waals surface area (Å²) in [5.41, 5.74) is 3.58. The molecule has 0 radical (unpaired) electrons. The third kappa shape index (κ3) is 3.34. The molecular weight excluding hydrogens is 378 g/mol. The predicted molar refractivity (Wildman–Crippen MR) is 113 cm³/mol. The van der Waals surface area contributed by atoms with Crippen LogP contribution in [0.3, 0.4) is 0 Å². The van der Waals surface area contributed by atoms with Gasteiger partial charge >= 0.3 is 0 Å². The van der Waals surface area contributed by atoms with Crippen LogP contribution < -0.4 is 0 Å². The fourth-order valence-corrected chi connectivity index (χ4v) is 4.59. The molecular formula is C23H25N5O2. The zero-order valence-electron chi connectivity index (χ0n) is 17.0. The number of carbonyl (C=O) groups is 2. The SMILES string of the molecule is Cc1ccc(C(=O)N2CCCC2C(=O)N2CCC(c3nc4ccncc4[nH]3)C2)cc1. The average molecular weight is 403 g/mol. The average Bonchev–Trinajstić information content (AvgIpc) is 3.52. The molecule has 2 unspecified atom stereocenters. The quantitative estimate of drug-likeness (QED) is 0.729. The summed E-state index contributed by atoms with van der Waals surface area (Å²) in [6.07, 6.45) is 5.97. The molecule has 0 bridgehead atoms. The van der Waals surface area contributed by atoms with Crippen molar-refractivity contribution in [3.05, 3.63) is 59.7 Å². The molecule has 0 aliphatic carbocycles. The van der Waals surface area contributed by atoms with Gasteiger partial charge in [-0.15, -0.1) is 0 Å². The van der Waals surface area contributed by atoms with Crippen LogP contribution >= 0.6 is 0 Å². The number of aromatic nitrogens is 3. The Morgan fingerprint density at radius 1 is 1.10 bits per heavy atom. The van der Waals surface area contributed by atoms with Crippen LogP contribution in [0.2, 0.25) is 0 Å². The van der Waals surface area contributed by atoms with Crippen LogP contribution in [0.15, 0.2) is 42.7 Å². The van der Waals surface area contributed by atoms with E-state index in [2.05, 4.69) is 15.0 Å². The fourth-order valence-electron chi connectivity index (χ4n) is 4.59. The molecule has 154 valence electrons. The number of pyridine rings is 1.